The predicted molar refractivity (Wildman–Crippen MR) is 62.4 cm³/mol. The minimum atomic E-state index is 0.145. The van der Waals surface area contributed by atoms with Gasteiger partial charge in [0.25, 0.3) is 0 Å². The zero-order valence-corrected chi connectivity index (χ0v) is 8.80. The Bertz CT molecular complexity index is 397. The number of hydrogen-bond acceptors (Lipinski definition) is 2. The zero-order chi connectivity index (χ0) is 10.7. The van der Waals surface area contributed by atoms with Crippen LogP contribution in [0.25, 0.3) is 0 Å². The molecule has 0 spiro atoms. The van der Waals surface area contributed by atoms with Crippen LogP contribution < -0.4 is 4.48 Å². The summed E-state index contributed by atoms with van der Waals surface area (Å²) in [6, 6.07) is 10.1. The molecular weight excluding hydrogens is 188 g/mol. The second-order valence-electron chi connectivity index (χ2n) is 3.69. The molecule has 3 nitrogen and oxygen atoms in total. The molecule has 2 rings (SSSR count). The van der Waals surface area contributed by atoms with Crippen LogP contribution in [0.5, 0.6) is 0 Å². The van der Waals surface area contributed by atoms with Gasteiger partial charge in [0.1, 0.15) is 17.9 Å². The molecule has 15 heavy (non-hydrogen) atoms. The fourth-order valence-corrected chi connectivity index (χ4v) is 1.93. The van der Waals surface area contributed by atoms with Crippen LogP contribution in [-0.4, -0.2) is 24.6 Å². The summed E-state index contributed by atoms with van der Waals surface area (Å²) in [5, 5.41) is 9.17. The maximum Gasteiger partial charge on any atom is 0.200 e. The Hall–Kier alpha value is -1.45. The van der Waals surface area contributed by atoms with E-state index >= 15 is 0 Å². The lowest BCUT2D eigenvalue weighted by molar-refractivity contribution is 0.269. The van der Waals surface area contributed by atoms with Crippen molar-refractivity contribution in [2.24, 2.45) is 4.99 Å². The van der Waals surface area contributed by atoms with Gasteiger partial charge in [-0.2, -0.15) is 0 Å². The van der Waals surface area contributed by atoms with Crippen LogP contribution in [0.4, 0.5) is 5.69 Å². The maximum atomic E-state index is 9.17. The molecule has 1 aromatic carbocycles. The van der Waals surface area contributed by atoms with Gasteiger partial charge in [0.15, 0.2) is 6.34 Å². The first kappa shape index (κ1) is 10.1. The molecule has 0 bridgehead atoms. The van der Waals surface area contributed by atoms with E-state index in [9.17, 15) is 0 Å². The third-order valence-electron chi connectivity index (χ3n) is 2.82. The van der Waals surface area contributed by atoms with Crippen LogP contribution in [-0.2, 0) is 0 Å². The minimum Gasteiger partial charge on any atom is -0.390 e. The fraction of sp³-hybridized carbons (Fsp3) is 0.250. The van der Waals surface area contributed by atoms with E-state index in [0.29, 0.717) is 11.0 Å². The van der Waals surface area contributed by atoms with E-state index in [1.54, 1.807) is 0 Å². The lowest BCUT2D eigenvalue weighted by atomic mass is 10.2. The van der Waals surface area contributed by atoms with Gasteiger partial charge in [-0.05, 0) is 12.1 Å². The standard InChI is InChI=1S/C12H15N2O/c1-11-9-13-10-14(11,7-8-15)12-5-3-2-4-6-12/h2-6,9-10,15H,7-8H2,1H3/q+1. The first-order valence-corrected chi connectivity index (χ1v) is 5.05. The first-order valence-electron chi connectivity index (χ1n) is 5.05. The van der Waals surface area contributed by atoms with E-state index in [1.807, 2.05) is 37.7 Å². The molecule has 1 aliphatic rings. The van der Waals surface area contributed by atoms with E-state index in [4.69, 9.17) is 5.11 Å². The largest absolute Gasteiger partial charge is 0.390 e. The summed E-state index contributed by atoms with van der Waals surface area (Å²) in [5.41, 5.74) is 2.27. The lowest BCUT2D eigenvalue weighted by Crippen LogP contribution is -2.46. The van der Waals surface area contributed by atoms with Gasteiger partial charge in [-0.1, -0.05) is 18.2 Å². The molecule has 0 amide bonds. The normalized spacial score (nSPS) is 24.3. The molecule has 1 atom stereocenters. The maximum absolute atomic E-state index is 9.17. The molecule has 1 N–H and O–H groups in total. The molecule has 1 aromatic rings. The van der Waals surface area contributed by atoms with Gasteiger partial charge in [0.05, 0.1) is 12.8 Å². The van der Waals surface area contributed by atoms with Gasteiger partial charge in [0.2, 0.25) is 0 Å². The molecule has 0 radical (unpaired) electrons. The third-order valence-corrected chi connectivity index (χ3v) is 2.82. The van der Waals surface area contributed by atoms with Crippen molar-refractivity contribution in [3.05, 3.63) is 42.2 Å². The Balaban J connectivity index is 2.45. The SMILES string of the molecule is CC1=CN=C[N+]1(CCO)c1ccccc1. The highest BCUT2D eigenvalue weighted by Gasteiger charge is 2.33. The van der Waals surface area contributed by atoms with Crippen LogP contribution >= 0.6 is 0 Å². The van der Waals surface area contributed by atoms with Crippen molar-refractivity contribution >= 4 is 12.0 Å². The van der Waals surface area contributed by atoms with Gasteiger partial charge in [0, 0.05) is 6.92 Å². The average Bonchev–Trinajstić information content (AvgIpc) is 2.63. The van der Waals surface area contributed by atoms with E-state index < -0.39 is 0 Å². The minimum absolute atomic E-state index is 0.145. The number of aliphatic hydroxyl groups is 1. The van der Waals surface area contributed by atoms with Crippen LogP contribution in [0.2, 0.25) is 0 Å². The number of aliphatic hydroxyl groups excluding tert-OH is 1. The quantitative estimate of drug-likeness (QED) is 0.747. The van der Waals surface area contributed by atoms with E-state index in [1.165, 1.54) is 0 Å². The highest BCUT2D eigenvalue weighted by atomic mass is 16.3. The Kier molecular flexibility index (Phi) is 2.66. The van der Waals surface area contributed by atoms with E-state index in [-0.39, 0.29) is 6.61 Å². The smallest absolute Gasteiger partial charge is 0.200 e. The summed E-state index contributed by atoms with van der Waals surface area (Å²) in [5.74, 6) is 0. The summed E-state index contributed by atoms with van der Waals surface area (Å²) in [6.45, 7) is 2.82. The van der Waals surface area contributed by atoms with Crippen LogP contribution in [0, 0.1) is 0 Å². The topological polar surface area (TPSA) is 32.6 Å². The summed E-state index contributed by atoms with van der Waals surface area (Å²) in [4.78, 5) is 4.19. The second-order valence-corrected chi connectivity index (χ2v) is 3.69. The Morgan fingerprint density at radius 1 is 1.27 bits per heavy atom. The van der Waals surface area contributed by atoms with Crippen molar-refractivity contribution in [1.82, 2.24) is 4.48 Å². The third kappa shape index (κ3) is 1.60. The molecular formula is C12H15N2O+. The van der Waals surface area contributed by atoms with Crippen molar-refractivity contribution in [2.75, 3.05) is 13.2 Å². The van der Waals surface area contributed by atoms with E-state index in [0.717, 1.165) is 11.4 Å². The number of hydrogen-bond donors (Lipinski definition) is 1. The second kappa shape index (κ2) is 3.96. The molecule has 1 heterocycles. The predicted octanol–water partition coefficient (Wildman–Crippen LogP) is 1.89. The highest BCUT2D eigenvalue weighted by Crippen LogP contribution is 2.29. The highest BCUT2D eigenvalue weighted by molar-refractivity contribution is 5.80. The van der Waals surface area contributed by atoms with Crippen molar-refractivity contribution < 1.29 is 5.11 Å². The van der Waals surface area contributed by atoms with Crippen LogP contribution in [0.15, 0.2) is 47.2 Å². The molecule has 1 unspecified atom stereocenters. The number of rotatable bonds is 3. The monoisotopic (exact) mass is 203 g/mol. The zero-order valence-electron chi connectivity index (χ0n) is 8.80. The Morgan fingerprint density at radius 3 is 2.53 bits per heavy atom. The van der Waals surface area contributed by atoms with Gasteiger partial charge in [-0.25, -0.2) is 9.48 Å². The molecule has 1 aliphatic heterocycles. The summed E-state index contributed by atoms with van der Waals surface area (Å²) in [6.07, 6.45) is 3.73. The summed E-state index contributed by atoms with van der Waals surface area (Å²) in [7, 11) is 0. The van der Waals surface area contributed by atoms with Gasteiger partial charge in [-0.15, -0.1) is 0 Å². The first-order chi connectivity index (χ1) is 7.29. The molecule has 0 saturated carbocycles. The van der Waals surface area contributed by atoms with Crippen molar-refractivity contribution in [2.45, 2.75) is 6.92 Å². The van der Waals surface area contributed by atoms with Gasteiger partial charge >= 0.3 is 0 Å². The summed E-state index contributed by atoms with van der Waals surface area (Å²) >= 11 is 0. The Morgan fingerprint density at radius 2 is 2.00 bits per heavy atom. The number of quaternary nitrogens is 1. The van der Waals surface area contributed by atoms with Crippen LogP contribution in [0.1, 0.15) is 6.92 Å². The number of allylic oxidation sites excluding steroid dienone is 1. The molecule has 78 valence electrons. The van der Waals surface area contributed by atoms with E-state index in [2.05, 4.69) is 17.1 Å². The fourth-order valence-electron chi connectivity index (χ4n) is 1.93. The van der Waals surface area contributed by atoms with Crippen molar-refractivity contribution in [3.8, 4) is 0 Å². The molecule has 0 saturated heterocycles. The number of benzene rings is 1. The lowest BCUT2D eigenvalue weighted by Gasteiger charge is -2.29. The Labute approximate surface area is 89.6 Å². The molecule has 0 fully saturated rings. The number of nitrogens with zero attached hydrogens (tertiary/aromatic N) is 2. The molecule has 0 aromatic heterocycles. The number of para-hydroxylation sites is 1. The molecule has 3 heteroatoms. The summed E-state index contributed by atoms with van der Waals surface area (Å²) < 4.78 is 0.539. The van der Waals surface area contributed by atoms with Gasteiger partial charge < -0.3 is 5.11 Å². The van der Waals surface area contributed by atoms with Crippen molar-refractivity contribution in [1.29, 1.82) is 0 Å². The number of aliphatic imine (C=N–C) groups is 1. The van der Waals surface area contributed by atoms with Gasteiger partial charge in [-0.3, -0.25) is 0 Å². The molecule has 0 aliphatic carbocycles. The average molecular weight is 203 g/mol. The van der Waals surface area contributed by atoms with Crippen LogP contribution in [0.3, 0.4) is 0 Å². The van der Waals surface area contributed by atoms with Crippen molar-refractivity contribution in [3.63, 3.8) is 0 Å².